The lowest BCUT2D eigenvalue weighted by molar-refractivity contribution is -0.109. The van der Waals surface area contributed by atoms with Gasteiger partial charge in [0.15, 0.2) is 0 Å². The van der Waals surface area contributed by atoms with E-state index in [1.165, 1.54) is 37.7 Å². The van der Waals surface area contributed by atoms with E-state index in [1.807, 2.05) is 32.9 Å². The second kappa shape index (κ2) is 12.1. The maximum atomic E-state index is 12.6. The van der Waals surface area contributed by atoms with Crippen LogP contribution in [-0.2, 0) is 4.79 Å². The Labute approximate surface area is 150 Å². The van der Waals surface area contributed by atoms with Gasteiger partial charge in [-0.3, -0.25) is 0 Å². The summed E-state index contributed by atoms with van der Waals surface area (Å²) >= 11 is 0. The van der Waals surface area contributed by atoms with Gasteiger partial charge in [-0.1, -0.05) is 88.3 Å². The van der Waals surface area contributed by atoms with E-state index in [1.54, 1.807) is 0 Å². The zero-order valence-corrected chi connectivity index (χ0v) is 16.2. The van der Waals surface area contributed by atoms with Gasteiger partial charge in [0.25, 0.3) is 0 Å². The van der Waals surface area contributed by atoms with Crippen molar-refractivity contribution in [3.63, 3.8) is 0 Å². The summed E-state index contributed by atoms with van der Waals surface area (Å²) in [5.41, 5.74) is 2.81. The smallest absolute Gasteiger partial charge is 0.229 e. The first kappa shape index (κ1) is 20.7. The fraction of sp³-hybridized carbons (Fsp3) is 0.591. The highest BCUT2D eigenvalue weighted by molar-refractivity contribution is 6.92. The van der Waals surface area contributed by atoms with Crippen molar-refractivity contribution in [2.75, 3.05) is 0 Å². The van der Waals surface area contributed by atoms with Crippen molar-refractivity contribution in [3.05, 3.63) is 47.6 Å². The molecule has 0 bridgehead atoms. The van der Waals surface area contributed by atoms with E-state index in [2.05, 4.69) is 31.2 Å². The molecule has 1 nitrogen and oxygen atoms in total. The summed E-state index contributed by atoms with van der Waals surface area (Å²) in [4.78, 5) is 12.6. The molecule has 1 heterocycles. The molecular weight excluding hydrogens is 291 g/mol. The summed E-state index contributed by atoms with van der Waals surface area (Å²) in [5, 5.41) is 0. The summed E-state index contributed by atoms with van der Waals surface area (Å²) in [7, 11) is 0. The van der Waals surface area contributed by atoms with E-state index in [9.17, 15) is 4.79 Å². The molecule has 2 aliphatic rings. The Balaban J connectivity index is 0.00000139. The molecule has 0 aromatic heterocycles. The summed E-state index contributed by atoms with van der Waals surface area (Å²) in [6, 6.07) is 0. The van der Waals surface area contributed by atoms with Gasteiger partial charge in [0.1, 0.15) is 5.68 Å². The molecule has 0 spiro atoms. The van der Waals surface area contributed by atoms with E-state index in [-0.39, 0.29) is 6.71 Å². The van der Waals surface area contributed by atoms with Crippen molar-refractivity contribution in [2.24, 2.45) is 5.92 Å². The highest BCUT2D eigenvalue weighted by Gasteiger charge is 2.30. The molecule has 0 aromatic rings. The summed E-state index contributed by atoms with van der Waals surface area (Å²) in [6.07, 6.45) is 22.1. The monoisotopic (exact) mass is 326 g/mol. The topological polar surface area (TPSA) is 17.1 Å². The lowest BCUT2D eigenvalue weighted by atomic mass is 9.36. The molecule has 0 atom stereocenters. The normalized spacial score (nSPS) is 19.1. The molecular formula is C22H35BO. The quantitative estimate of drug-likeness (QED) is 0.305. The van der Waals surface area contributed by atoms with Crippen LogP contribution in [0.25, 0.3) is 0 Å². The minimum absolute atomic E-state index is 0.251. The molecule has 0 saturated carbocycles. The number of carbonyl (C=O) groups is 1. The summed E-state index contributed by atoms with van der Waals surface area (Å²) in [6.45, 7) is 8.33. The first-order valence-corrected chi connectivity index (χ1v) is 9.97. The van der Waals surface area contributed by atoms with Gasteiger partial charge in [-0.2, -0.15) is 0 Å². The largest absolute Gasteiger partial charge is 0.306 e. The minimum Gasteiger partial charge on any atom is -0.306 e. The maximum absolute atomic E-state index is 12.6. The number of rotatable bonds is 6. The van der Waals surface area contributed by atoms with E-state index < -0.39 is 0 Å². The molecule has 24 heavy (non-hydrogen) atoms. The van der Waals surface area contributed by atoms with Gasteiger partial charge in [0.2, 0.25) is 6.71 Å². The molecule has 0 unspecified atom stereocenters. The van der Waals surface area contributed by atoms with Gasteiger partial charge in [-0.25, -0.2) is 0 Å². The van der Waals surface area contributed by atoms with Gasteiger partial charge in [-0.15, -0.1) is 0 Å². The zero-order chi connectivity index (χ0) is 17.8. The van der Waals surface area contributed by atoms with Crippen LogP contribution in [0.5, 0.6) is 0 Å². The first-order chi connectivity index (χ1) is 11.7. The van der Waals surface area contributed by atoms with Gasteiger partial charge in [0.05, 0.1) is 0 Å². The standard InChI is InChI=1S/C20H29BO.C2H6/c1-3-8-19(9-4-2)20(22)21-14-12-18(13-15-21)16-17-10-6-5-7-11-17;1-2/h3,6,8-11,18H,4-5,7,12-16H2,1-2H3;1-2H3/b8-3-,19-9+;. The Morgan fingerprint density at radius 3 is 2.50 bits per heavy atom. The highest BCUT2D eigenvalue weighted by Crippen LogP contribution is 2.32. The molecule has 132 valence electrons. The Morgan fingerprint density at radius 2 is 1.96 bits per heavy atom. The second-order valence-electron chi connectivity index (χ2n) is 6.61. The maximum Gasteiger partial charge on any atom is 0.229 e. The Hall–Kier alpha value is -1.31. The van der Waals surface area contributed by atoms with Gasteiger partial charge in [-0.05, 0) is 38.5 Å². The van der Waals surface area contributed by atoms with Crippen molar-refractivity contribution in [1.29, 1.82) is 0 Å². The van der Waals surface area contributed by atoms with Crippen LogP contribution in [-0.4, -0.2) is 12.4 Å². The zero-order valence-electron chi connectivity index (χ0n) is 16.2. The minimum atomic E-state index is 0.251. The molecule has 1 saturated heterocycles. The molecule has 1 aliphatic carbocycles. The average Bonchev–Trinajstić information content (AvgIpc) is 2.64. The molecule has 0 N–H and O–H groups in total. The Bertz CT molecular complexity index is 488. The average molecular weight is 326 g/mol. The third kappa shape index (κ3) is 6.67. The van der Waals surface area contributed by atoms with E-state index in [0.29, 0.717) is 5.68 Å². The van der Waals surface area contributed by atoms with Gasteiger partial charge in [0, 0.05) is 5.57 Å². The second-order valence-corrected chi connectivity index (χ2v) is 6.61. The van der Waals surface area contributed by atoms with Gasteiger partial charge < -0.3 is 4.79 Å². The lowest BCUT2D eigenvalue weighted by Crippen LogP contribution is -2.31. The molecule has 2 heteroatoms. The van der Waals surface area contributed by atoms with Crippen molar-refractivity contribution >= 4 is 12.4 Å². The van der Waals surface area contributed by atoms with Crippen molar-refractivity contribution in [1.82, 2.24) is 0 Å². The Kier molecular flexibility index (Phi) is 10.5. The van der Waals surface area contributed by atoms with E-state index in [0.717, 1.165) is 30.6 Å². The van der Waals surface area contributed by atoms with Gasteiger partial charge >= 0.3 is 0 Å². The predicted octanol–water partition coefficient (Wildman–Crippen LogP) is 6.60. The number of allylic oxidation sites excluding steroid dienone is 8. The van der Waals surface area contributed by atoms with Crippen LogP contribution >= 0.6 is 0 Å². The van der Waals surface area contributed by atoms with Crippen LogP contribution in [0.4, 0.5) is 0 Å². The fourth-order valence-electron chi connectivity index (χ4n) is 3.67. The molecule has 1 fully saturated rings. The Morgan fingerprint density at radius 1 is 1.25 bits per heavy atom. The van der Waals surface area contributed by atoms with Crippen molar-refractivity contribution in [2.45, 2.75) is 78.9 Å². The predicted molar refractivity (Wildman–Crippen MR) is 109 cm³/mol. The molecule has 1 aliphatic heterocycles. The first-order valence-electron chi connectivity index (χ1n) is 9.97. The van der Waals surface area contributed by atoms with Crippen LogP contribution in [0.1, 0.15) is 66.2 Å². The van der Waals surface area contributed by atoms with Crippen LogP contribution in [0, 0.1) is 5.92 Å². The molecule has 2 rings (SSSR count). The van der Waals surface area contributed by atoms with E-state index >= 15 is 0 Å². The number of hydrogen-bond acceptors (Lipinski definition) is 1. The van der Waals surface area contributed by atoms with E-state index in [4.69, 9.17) is 0 Å². The molecule has 0 amide bonds. The third-order valence-corrected chi connectivity index (χ3v) is 4.87. The van der Waals surface area contributed by atoms with Crippen molar-refractivity contribution < 1.29 is 4.79 Å². The SMILES string of the molecule is C/C=C\C(=C/CC)C(=O)B1CCC(CC2=CCCC=C2)CC1.CC. The summed E-state index contributed by atoms with van der Waals surface area (Å²) < 4.78 is 0. The van der Waals surface area contributed by atoms with Crippen LogP contribution in [0.3, 0.4) is 0 Å². The van der Waals surface area contributed by atoms with Crippen LogP contribution in [0.2, 0.25) is 12.6 Å². The van der Waals surface area contributed by atoms with Crippen LogP contribution in [0.15, 0.2) is 47.6 Å². The van der Waals surface area contributed by atoms with Crippen LogP contribution < -0.4 is 0 Å². The van der Waals surface area contributed by atoms with Crippen molar-refractivity contribution in [3.8, 4) is 0 Å². The molecule has 0 radical (unpaired) electrons. The number of carbonyl (C=O) groups excluding carboxylic acids is 1. The summed E-state index contributed by atoms with van der Waals surface area (Å²) in [5.74, 6) is 0.776. The number of hydrogen-bond donors (Lipinski definition) is 0. The lowest BCUT2D eigenvalue weighted by Gasteiger charge is -2.26. The highest BCUT2D eigenvalue weighted by atomic mass is 16.1. The fourth-order valence-corrected chi connectivity index (χ4v) is 3.67. The molecule has 0 aromatic carbocycles. The third-order valence-electron chi connectivity index (χ3n) is 4.87.